The summed E-state index contributed by atoms with van der Waals surface area (Å²) in [5, 5.41) is 12.0. The van der Waals surface area contributed by atoms with E-state index in [-0.39, 0.29) is 23.8 Å². The SMILES string of the molecule is C=C1CCCC(CC)(CCC(C)C(=O)NCCN2CCC(n3nc(-c4ccc(Oc5ccccc5)c(NC(=O)CC)c4)c4c(N)ncnc43)CC2)C1. The van der Waals surface area contributed by atoms with Crippen molar-refractivity contribution in [3.63, 3.8) is 0 Å². The average Bonchev–Trinajstić information content (AvgIpc) is 3.56. The molecule has 6 rings (SSSR count). The minimum Gasteiger partial charge on any atom is -0.455 e. The molecule has 2 atom stereocenters. The van der Waals surface area contributed by atoms with Crippen LogP contribution in [0.2, 0.25) is 0 Å². The highest BCUT2D eigenvalue weighted by Gasteiger charge is 2.32. The molecule has 2 fully saturated rings. The van der Waals surface area contributed by atoms with Gasteiger partial charge in [0, 0.05) is 44.1 Å². The van der Waals surface area contributed by atoms with Gasteiger partial charge in [-0.3, -0.25) is 9.59 Å². The third-order valence-corrected chi connectivity index (χ3v) is 11.1. The van der Waals surface area contributed by atoms with E-state index < -0.39 is 0 Å². The molecule has 0 bridgehead atoms. The third kappa shape index (κ3) is 8.63. The Hall–Kier alpha value is -4.77. The molecule has 3 heterocycles. The van der Waals surface area contributed by atoms with Crippen molar-refractivity contribution >= 4 is 34.4 Å². The standard InChI is InChI=1S/C41H54N8O3/c1-5-35(50)46-33-25-30(14-15-34(33)52-32-12-8-7-9-13-32)37-36-38(42)44-27-45-39(36)49(47-37)31-17-22-48(23-18-31)24-21-43-40(51)29(4)16-20-41(6-2)19-10-11-28(3)26-41/h7-9,12-15,25,27,29,31H,3,5-6,10-11,16-24,26H2,1-2,4H3,(H,43,51)(H,46,50)(H2,42,44,45). The van der Waals surface area contributed by atoms with E-state index in [2.05, 4.69) is 45.9 Å². The Labute approximate surface area is 307 Å². The van der Waals surface area contributed by atoms with Crippen LogP contribution in [0.4, 0.5) is 11.5 Å². The van der Waals surface area contributed by atoms with Crippen LogP contribution in [0.25, 0.3) is 22.3 Å². The van der Waals surface area contributed by atoms with Crippen LogP contribution in [0.3, 0.4) is 0 Å². The van der Waals surface area contributed by atoms with Crippen LogP contribution in [0.1, 0.15) is 91.0 Å². The van der Waals surface area contributed by atoms with E-state index >= 15 is 0 Å². The van der Waals surface area contributed by atoms with Crippen LogP contribution < -0.4 is 21.1 Å². The Morgan fingerprint density at radius 2 is 1.90 bits per heavy atom. The number of nitrogens with one attached hydrogen (secondary N) is 2. The molecule has 4 N–H and O–H groups in total. The van der Waals surface area contributed by atoms with Crippen LogP contribution in [0, 0.1) is 11.3 Å². The van der Waals surface area contributed by atoms with E-state index in [0.29, 0.717) is 58.1 Å². The van der Waals surface area contributed by atoms with Crippen molar-refractivity contribution < 1.29 is 14.3 Å². The van der Waals surface area contributed by atoms with E-state index in [0.717, 1.165) is 70.1 Å². The zero-order chi connectivity index (χ0) is 36.7. The van der Waals surface area contributed by atoms with Crippen molar-refractivity contribution in [2.24, 2.45) is 11.3 Å². The molecule has 0 spiro atoms. The van der Waals surface area contributed by atoms with Crippen molar-refractivity contribution in [3.05, 3.63) is 67.0 Å². The number of ether oxygens (including phenoxy) is 1. The second-order valence-corrected chi connectivity index (χ2v) is 14.7. The molecule has 2 aromatic carbocycles. The van der Waals surface area contributed by atoms with Gasteiger partial charge in [-0.15, -0.1) is 0 Å². The Kier molecular flexibility index (Phi) is 11.9. The number of carbonyl (C=O) groups excluding carboxylic acids is 2. The van der Waals surface area contributed by atoms with Gasteiger partial charge in [0.05, 0.1) is 17.1 Å². The lowest BCUT2D eigenvalue weighted by atomic mass is 9.67. The normalized spacial score (nSPS) is 19.0. The van der Waals surface area contributed by atoms with E-state index in [1.165, 1.54) is 24.7 Å². The highest BCUT2D eigenvalue weighted by atomic mass is 16.5. The van der Waals surface area contributed by atoms with Crippen molar-refractivity contribution in [1.82, 2.24) is 30.0 Å². The number of rotatable bonds is 14. The topological polar surface area (TPSA) is 140 Å². The van der Waals surface area contributed by atoms with Gasteiger partial charge in [-0.1, -0.05) is 57.5 Å². The number of fused-ring (bicyclic) bond motifs is 1. The second kappa shape index (κ2) is 16.7. The lowest BCUT2D eigenvalue weighted by molar-refractivity contribution is -0.125. The highest BCUT2D eigenvalue weighted by molar-refractivity contribution is 6.00. The maximum Gasteiger partial charge on any atom is 0.224 e. The van der Waals surface area contributed by atoms with E-state index in [1.54, 1.807) is 0 Å². The minimum atomic E-state index is -0.124. The van der Waals surface area contributed by atoms with Crippen molar-refractivity contribution in [3.8, 4) is 22.8 Å². The molecule has 2 amide bonds. The van der Waals surface area contributed by atoms with E-state index in [4.69, 9.17) is 15.6 Å². The van der Waals surface area contributed by atoms with Crippen LogP contribution in [-0.4, -0.2) is 62.6 Å². The molecular formula is C41H54N8O3. The van der Waals surface area contributed by atoms with E-state index in [9.17, 15) is 9.59 Å². The number of amides is 2. The zero-order valence-corrected chi connectivity index (χ0v) is 31.0. The van der Waals surface area contributed by atoms with Crippen LogP contribution in [0.5, 0.6) is 11.5 Å². The molecule has 2 aliphatic rings. The van der Waals surface area contributed by atoms with Gasteiger partial charge in [-0.25, -0.2) is 14.6 Å². The first-order valence-electron chi connectivity index (χ1n) is 19.0. The van der Waals surface area contributed by atoms with Crippen molar-refractivity contribution in [2.45, 2.75) is 91.0 Å². The molecule has 2 aromatic heterocycles. The van der Waals surface area contributed by atoms with Gasteiger partial charge in [-0.2, -0.15) is 5.10 Å². The van der Waals surface area contributed by atoms with Crippen molar-refractivity contribution in [2.75, 3.05) is 37.2 Å². The third-order valence-electron chi connectivity index (χ3n) is 11.1. The number of benzene rings is 2. The summed E-state index contributed by atoms with van der Waals surface area (Å²) in [5.41, 5.74) is 10.8. The number of nitrogen functional groups attached to an aromatic ring is 1. The Balaban J connectivity index is 1.09. The molecule has 4 aromatic rings. The number of hydrogen-bond donors (Lipinski definition) is 3. The first kappa shape index (κ1) is 37.0. The molecular weight excluding hydrogens is 653 g/mol. The number of nitrogens with two attached hydrogens (primary N) is 1. The number of piperidine rings is 1. The average molecular weight is 707 g/mol. The summed E-state index contributed by atoms with van der Waals surface area (Å²) in [4.78, 5) is 36.9. The van der Waals surface area contributed by atoms with Crippen LogP contribution >= 0.6 is 0 Å². The number of carbonyl (C=O) groups is 2. The number of nitrogens with zero attached hydrogens (tertiary/aromatic N) is 5. The molecule has 52 heavy (non-hydrogen) atoms. The number of likely N-dealkylation sites (tertiary alicyclic amines) is 1. The summed E-state index contributed by atoms with van der Waals surface area (Å²) >= 11 is 0. The van der Waals surface area contributed by atoms with Crippen LogP contribution in [-0.2, 0) is 9.59 Å². The molecule has 1 saturated heterocycles. The zero-order valence-electron chi connectivity index (χ0n) is 31.0. The quantitative estimate of drug-likeness (QED) is 0.112. The Morgan fingerprint density at radius 1 is 1.12 bits per heavy atom. The summed E-state index contributed by atoms with van der Waals surface area (Å²) in [6, 6.07) is 15.2. The molecule has 1 aliphatic heterocycles. The smallest absolute Gasteiger partial charge is 0.224 e. The maximum atomic E-state index is 13.0. The summed E-state index contributed by atoms with van der Waals surface area (Å²) in [5.74, 6) is 1.58. The molecule has 1 saturated carbocycles. The predicted octanol–water partition coefficient (Wildman–Crippen LogP) is 7.91. The largest absolute Gasteiger partial charge is 0.455 e. The number of allylic oxidation sites excluding steroid dienone is 1. The summed E-state index contributed by atoms with van der Waals surface area (Å²) < 4.78 is 8.14. The Morgan fingerprint density at radius 3 is 2.63 bits per heavy atom. The van der Waals surface area contributed by atoms with Gasteiger partial charge < -0.3 is 26.0 Å². The van der Waals surface area contributed by atoms with Gasteiger partial charge in [0.1, 0.15) is 23.6 Å². The summed E-state index contributed by atoms with van der Waals surface area (Å²) in [6.45, 7) is 13.7. The van der Waals surface area contributed by atoms with Gasteiger partial charge in [-0.05, 0) is 87.1 Å². The lowest BCUT2D eigenvalue weighted by Crippen LogP contribution is -2.41. The maximum absolute atomic E-state index is 13.0. The summed E-state index contributed by atoms with van der Waals surface area (Å²) in [7, 11) is 0. The molecule has 276 valence electrons. The predicted molar refractivity (Wildman–Crippen MR) is 207 cm³/mol. The highest BCUT2D eigenvalue weighted by Crippen LogP contribution is 2.45. The fraction of sp³-hybridized carbons (Fsp3) is 0.488. The van der Waals surface area contributed by atoms with Gasteiger partial charge >= 0.3 is 0 Å². The molecule has 1 aliphatic carbocycles. The number of para-hydroxylation sites is 1. The fourth-order valence-electron chi connectivity index (χ4n) is 7.84. The van der Waals surface area contributed by atoms with Gasteiger partial charge in [0.2, 0.25) is 11.8 Å². The van der Waals surface area contributed by atoms with Crippen molar-refractivity contribution in [1.29, 1.82) is 0 Å². The monoisotopic (exact) mass is 706 g/mol. The lowest BCUT2D eigenvalue weighted by Gasteiger charge is -2.38. The second-order valence-electron chi connectivity index (χ2n) is 14.7. The molecule has 11 heteroatoms. The Bertz CT molecular complexity index is 1870. The fourth-order valence-corrected chi connectivity index (χ4v) is 7.84. The number of anilines is 2. The number of aromatic nitrogens is 4. The minimum absolute atomic E-state index is 0.00709. The van der Waals surface area contributed by atoms with Gasteiger partial charge in [0.25, 0.3) is 0 Å². The number of hydrogen-bond acceptors (Lipinski definition) is 8. The summed E-state index contributed by atoms with van der Waals surface area (Å²) in [6.07, 6.45) is 11.5. The van der Waals surface area contributed by atoms with Crippen LogP contribution in [0.15, 0.2) is 67.0 Å². The van der Waals surface area contributed by atoms with Gasteiger partial charge in [0.15, 0.2) is 11.4 Å². The molecule has 0 radical (unpaired) electrons. The first-order chi connectivity index (χ1) is 25.2. The molecule has 11 nitrogen and oxygen atoms in total. The molecule has 2 unspecified atom stereocenters. The van der Waals surface area contributed by atoms with E-state index in [1.807, 2.05) is 60.1 Å². The first-order valence-corrected chi connectivity index (χ1v) is 19.0.